The third-order valence-electron chi connectivity index (χ3n) is 3.04. The summed E-state index contributed by atoms with van der Waals surface area (Å²) in [4.78, 5) is 13.3. The number of carbonyl (C=O) groups excluding carboxylic acids is 1. The number of methoxy groups -OCH3 is 1. The van der Waals surface area contributed by atoms with Crippen molar-refractivity contribution in [3.63, 3.8) is 0 Å². The van der Waals surface area contributed by atoms with E-state index in [1.54, 1.807) is 29.5 Å². The van der Waals surface area contributed by atoms with Crippen LogP contribution in [0.4, 0.5) is 5.69 Å². The van der Waals surface area contributed by atoms with Gasteiger partial charge in [0.05, 0.1) is 12.7 Å². The number of nitrogens with zero attached hydrogens (tertiary/aromatic N) is 1. The zero-order valence-corrected chi connectivity index (χ0v) is 12.6. The van der Waals surface area contributed by atoms with Gasteiger partial charge in [-0.15, -0.1) is 11.3 Å². The molecular formula is C16H16N2O2S. The van der Waals surface area contributed by atoms with E-state index in [9.17, 15) is 4.79 Å². The van der Waals surface area contributed by atoms with Crippen molar-refractivity contribution in [1.82, 2.24) is 0 Å². The van der Waals surface area contributed by atoms with Crippen molar-refractivity contribution in [2.24, 2.45) is 0 Å². The van der Waals surface area contributed by atoms with Crippen LogP contribution in [0.1, 0.15) is 23.3 Å². The Morgan fingerprint density at radius 1 is 1.38 bits per heavy atom. The predicted molar refractivity (Wildman–Crippen MR) is 83.6 cm³/mol. The van der Waals surface area contributed by atoms with Crippen LogP contribution >= 0.6 is 11.3 Å². The van der Waals surface area contributed by atoms with E-state index in [1.807, 2.05) is 11.4 Å². The second-order valence-electron chi connectivity index (χ2n) is 4.48. The summed E-state index contributed by atoms with van der Waals surface area (Å²) >= 11 is 1.70. The number of benzene rings is 1. The lowest BCUT2D eigenvalue weighted by Gasteiger charge is -2.11. The SMILES string of the molecule is COc1cccc(C#N)c1NC(=O)CCCc1cccs1. The molecule has 0 saturated heterocycles. The Labute approximate surface area is 128 Å². The molecule has 0 aliphatic carbocycles. The Balaban J connectivity index is 1.95. The zero-order chi connectivity index (χ0) is 15.1. The number of aryl methyl sites for hydroxylation is 1. The van der Waals surface area contributed by atoms with Crippen molar-refractivity contribution in [2.75, 3.05) is 12.4 Å². The van der Waals surface area contributed by atoms with Crippen molar-refractivity contribution in [3.05, 3.63) is 46.2 Å². The summed E-state index contributed by atoms with van der Waals surface area (Å²) in [6.45, 7) is 0. The highest BCUT2D eigenvalue weighted by atomic mass is 32.1. The van der Waals surface area contributed by atoms with Gasteiger partial charge in [0, 0.05) is 11.3 Å². The molecule has 21 heavy (non-hydrogen) atoms. The topological polar surface area (TPSA) is 62.1 Å². The number of thiophene rings is 1. The lowest BCUT2D eigenvalue weighted by atomic mass is 10.1. The van der Waals surface area contributed by atoms with Crippen LogP contribution < -0.4 is 10.1 Å². The highest BCUT2D eigenvalue weighted by molar-refractivity contribution is 7.09. The second-order valence-corrected chi connectivity index (χ2v) is 5.51. The maximum atomic E-state index is 12.0. The molecule has 1 heterocycles. The summed E-state index contributed by atoms with van der Waals surface area (Å²) in [7, 11) is 1.52. The average Bonchev–Trinajstić information content (AvgIpc) is 3.00. The minimum absolute atomic E-state index is 0.104. The van der Waals surface area contributed by atoms with E-state index in [0.29, 0.717) is 23.4 Å². The summed E-state index contributed by atoms with van der Waals surface area (Å²) in [5, 5.41) is 13.9. The van der Waals surface area contributed by atoms with Gasteiger partial charge in [0.1, 0.15) is 17.5 Å². The number of carbonyl (C=O) groups is 1. The molecule has 0 aliphatic heterocycles. The van der Waals surface area contributed by atoms with Crippen molar-refractivity contribution in [3.8, 4) is 11.8 Å². The first-order valence-electron chi connectivity index (χ1n) is 6.64. The Morgan fingerprint density at radius 2 is 2.24 bits per heavy atom. The van der Waals surface area contributed by atoms with Crippen molar-refractivity contribution in [1.29, 1.82) is 5.26 Å². The van der Waals surface area contributed by atoms with Gasteiger partial charge < -0.3 is 10.1 Å². The molecule has 0 unspecified atom stereocenters. The molecule has 4 nitrogen and oxygen atoms in total. The minimum atomic E-state index is -0.104. The van der Waals surface area contributed by atoms with Crippen LogP contribution in [0.2, 0.25) is 0 Å². The van der Waals surface area contributed by atoms with Gasteiger partial charge in [0.15, 0.2) is 0 Å². The number of para-hydroxylation sites is 1. The fourth-order valence-electron chi connectivity index (χ4n) is 2.00. The molecule has 5 heteroatoms. The fourth-order valence-corrected chi connectivity index (χ4v) is 2.75. The standard InChI is InChI=1S/C16H16N2O2S/c1-20-14-8-2-5-12(11-17)16(14)18-15(19)9-3-6-13-7-4-10-21-13/h2,4-5,7-8,10H,3,6,9H2,1H3,(H,18,19). The number of nitrogens with one attached hydrogen (secondary N) is 1. The summed E-state index contributed by atoms with van der Waals surface area (Å²) in [6.07, 6.45) is 2.09. The molecule has 0 aliphatic rings. The first-order valence-corrected chi connectivity index (χ1v) is 7.52. The lowest BCUT2D eigenvalue weighted by Crippen LogP contribution is -2.13. The molecule has 0 atom stereocenters. The Bertz CT molecular complexity index is 645. The summed E-state index contributed by atoms with van der Waals surface area (Å²) in [5.74, 6) is 0.396. The van der Waals surface area contributed by atoms with Crippen molar-refractivity contribution < 1.29 is 9.53 Å². The number of rotatable bonds is 6. The first kappa shape index (κ1) is 15.1. The lowest BCUT2D eigenvalue weighted by molar-refractivity contribution is -0.116. The Hall–Kier alpha value is -2.32. The molecule has 1 amide bonds. The minimum Gasteiger partial charge on any atom is -0.495 e. The average molecular weight is 300 g/mol. The molecule has 2 aromatic rings. The van der Waals surface area contributed by atoms with Crippen LogP contribution in [-0.2, 0) is 11.2 Å². The molecule has 1 aromatic carbocycles. The van der Waals surface area contributed by atoms with Crippen LogP contribution in [0.5, 0.6) is 5.75 Å². The van der Waals surface area contributed by atoms with Gasteiger partial charge in [-0.25, -0.2) is 0 Å². The van der Waals surface area contributed by atoms with Gasteiger partial charge in [0.2, 0.25) is 5.91 Å². The summed E-state index contributed by atoms with van der Waals surface area (Å²) in [5.41, 5.74) is 0.851. The Morgan fingerprint density at radius 3 is 2.90 bits per heavy atom. The molecular weight excluding hydrogens is 284 g/mol. The third kappa shape index (κ3) is 4.07. The number of hydrogen-bond donors (Lipinski definition) is 1. The number of hydrogen-bond acceptors (Lipinski definition) is 4. The highest BCUT2D eigenvalue weighted by Crippen LogP contribution is 2.28. The summed E-state index contributed by atoms with van der Waals surface area (Å²) in [6, 6.07) is 11.2. The maximum Gasteiger partial charge on any atom is 0.224 e. The normalized spacial score (nSPS) is 9.90. The molecule has 1 aromatic heterocycles. The molecule has 1 N–H and O–H groups in total. The third-order valence-corrected chi connectivity index (χ3v) is 3.97. The van der Waals surface area contributed by atoms with E-state index in [2.05, 4.69) is 17.5 Å². The quantitative estimate of drug-likeness (QED) is 0.886. The van der Waals surface area contributed by atoms with Crippen LogP contribution in [0, 0.1) is 11.3 Å². The van der Waals surface area contributed by atoms with E-state index >= 15 is 0 Å². The molecule has 108 valence electrons. The fraction of sp³-hybridized carbons (Fsp3) is 0.250. The van der Waals surface area contributed by atoms with E-state index in [0.717, 1.165) is 12.8 Å². The number of amides is 1. The molecule has 0 radical (unpaired) electrons. The monoisotopic (exact) mass is 300 g/mol. The van der Waals surface area contributed by atoms with Crippen molar-refractivity contribution >= 4 is 22.9 Å². The number of nitriles is 1. The number of anilines is 1. The van der Waals surface area contributed by atoms with Crippen molar-refractivity contribution in [2.45, 2.75) is 19.3 Å². The van der Waals surface area contributed by atoms with E-state index in [1.165, 1.54) is 12.0 Å². The van der Waals surface area contributed by atoms with E-state index < -0.39 is 0 Å². The smallest absolute Gasteiger partial charge is 0.224 e. The second kappa shape index (κ2) is 7.46. The van der Waals surface area contributed by atoms with Gasteiger partial charge in [-0.2, -0.15) is 5.26 Å². The van der Waals surface area contributed by atoms with Gasteiger partial charge in [-0.3, -0.25) is 4.79 Å². The molecule has 0 fully saturated rings. The van der Waals surface area contributed by atoms with Gasteiger partial charge in [-0.1, -0.05) is 12.1 Å². The van der Waals surface area contributed by atoms with Crippen LogP contribution in [0.3, 0.4) is 0 Å². The molecule has 0 bridgehead atoms. The van der Waals surface area contributed by atoms with Gasteiger partial charge in [-0.05, 0) is 36.4 Å². The molecule has 0 saturated carbocycles. The zero-order valence-electron chi connectivity index (χ0n) is 11.8. The predicted octanol–water partition coefficient (Wildman–Crippen LogP) is 3.59. The maximum absolute atomic E-state index is 12.0. The van der Waals surface area contributed by atoms with E-state index in [-0.39, 0.29) is 5.91 Å². The van der Waals surface area contributed by atoms with E-state index in [4.69, 9.17) is 10.00 Å². The van der Waals surface area contributed by atoms with Crippen LogP contribution in [0.25, 0.3) is 0 Å². The van der Waals surface area contributed by atoms with Crippen LogP contribution in [-0.4, -0.2) is 13.0 Å². The largest absolute Gasteiger partial charge is 0.495 e. The summed E-state index contributed by atoms with van der Waals surface area (Å²) < 4.78 is 5.19. The first-order chi connectivity index (χ1) is 10.2. The highest BCUT2D eigenvalue weighted by Gasteiger charge is 2.12. The Kier molecular flexibility index (Phi) is 5.35. The molecule has 2 rings (SSSR count). The molecule has 0 spiro atoms. The number of ether oxygens (including phenoxy) is 1. The van der Waals surface area contributed by atoms with Gasteiger partial charge >= 0.3 is 0 Å². The van der Waals surface area contributed by atoms with Gasteiger partial charge in [0.25, 0.3) is 0 Å². The van der Waals surface area contributed by atoms with Crippen LogP contribution in [0.15, 0.2) is 35.7 Å².